The fourth-order valence-corrected chi connectivity index (χ4v) is 2.05. The Morgan fingerprint density at radius 3 is 2.64 bits per heavy atom. The number of carbonyl (C=O) groups excluding carboxylic acids is 1. The van der Waals surface area contributed by atoms with Crippen LogP contribution in [0.2, 0.25) is 0 Å². The summed E-state index contributed by atoms with van der Waals surface area (Å²) in [5, 5.41) is 14.2. The third kappa shape index (κ3) is 6.47. The van der Waals surface area contributed by atoms with Crippen LogP contribution in [0.3, 0.4) is 0 Å². The lowest BCUT2D eigenvalue weighted by Crippen LogP contribution is -2.47. The second kappa shape index (κ2) is 8.92. The number of carboxylic acid groups (broad SMARTS) is 1. The number of ether oxygens (including phenoxy) is 1. The van der Waals surface area contributed by atoms with E-state index < -0.39 is 18.0 Å². The molecule has 0 aliphatic carbocycles. The molecule has 0 bridgehead atoms. The monoisotopic (exact) mass is 308 g/mol. The van der Waals surface area contributed by atoms with E-state index in [0.29, 0.717) is 19.4 Å². The highest BCUT2D eigenvalue weighted by Gasteiger charge is 2.20. The Kier molecular flexibility index (Phi) is 7.22. The molecule has 0 aliphatic rings. The molecule has 1 aromatic carbocycles. The first-order valence-corrected chi connectivity index (χ1v) is 7.32. The lowest BCUT2D eigenvalue weighted by atomic mass is 10.0. The third-order valence-corrected chi connectivity index (χ3v) is 3.14. The Balaban J connectivity index is 2.40. The molecule has 0 fully saturated rings. The number of hydrogen-bond donors (Lipinski definition) is 3. The Morgan fingerprint density at radius 2 is 2.05 bits per heavy atom. The summed E-state index contributed by atoms with van der Waals surface area (Å²) in [6, 6.07) is 6.26. The van der Waals surface area contributed by atoms with Crippen molar-refractivity contribution < 1.29 is 19.4 Å². The van der Waals surface area contributed by atoms with Crippen molar-refractivity contribution in [2.24, 2.45) is 5.92 Å². The van der Waals surface area contributed by atoms with Gasteiger partial charge in [-0.2, -0.15) is 0 Å². The molecule has 1 unspecified atom stereocenters. The third-order valence-electron chi connectivity index (χ3n) is 3.14. The van der Waals surface area contributed by atoms with Gasteiger partial charge in [-0.25, -0.2) is 9.59 Å². The lowest BCUT2D eigenvalue weighted by Gasteiger charge is -2.17. The maximum Gasteiger partial charge on any atom is 0.326 e. The smallest absolute Gasteiger partial charge is 0.326 e. The normalized spacial score (nSPS) is 11.8. The molecular weight excluding hydrogens is 284 g/mol. The molecular formula is C16H24N2O4. The van der Waals surface area contributed by atoms with Crippen LogP contribution >= 0.6 is 0 Å². The summed E-state index contributed by atoms with van der Waals surface area (Å²) in [5.74, 6) is -0.0559. The van der Waals surface area contributed by atoms with Crippen LogP contribution in [0.5, 0.6) is 5.75 Å². The summed E-state index contributed by atoms with van der Waals surface area (Å²) in [6.07, 6.45) is 1.05. The Bertz CT molecular complexity index is 503. The number of aliphatic carboxylic acids is 1. The Hall–Kier alpha value is -2.24. The largest absolute Gasteiger partial charge is 0.497 e. The van der Waals surface area contributed by atoms with Gasteiger partial charge >= 0.3 is 12.0 Å². The van der Waals surface area contributed by atoms with Crippen molar-refractivity contribution in [3.63, 3.8) is 0 Å². The molecule has 1 atom stereocenters. The average Bonchev–Trinajstić information content (AvgIpc) is 2.46. The van der Waals surface area contributed by atoms with E-state index in [1.807, 2.05) is 38.1 Å². The molecule has 0 heterocycles. The van der Waals surface area contributed by atoms with Gasteiger partial charge in [0.2, 0.25) is 0 Å². The van der Waals surface area contributed by atoms with E-state index in [4.69, 9.17) is 9.84 Å². The number of hydrogen-bond acceptors (Lipinski definition) is 3. The number of nitrogens with one attached hydrogen (secondary N) is 2. The van der Waals surface area contributed by atoms with Crippen molar-refractivity contribution in [1.82, 2.24) is 10.6 Å². The van der Waals surface area contributed by atoms with Crippen LogP contribution in [0.15, 0.2) is 24.3 Å². The van der Waals surface area contributed by atoms with Crippen molar-refractivity contribution in [3.8, 4) is 5.75 Å². The van der Waals surface area contributed by atoms with Crippen LogP contribution in [0.1, 0.15) is 25.8 Å². The highest BCUT2D eigenvalue weighted by Crippen LogP contribution is 2.12. The van der Waals surface area contributed by atoms with Crippen LogP contribution in [0.25, 0.3) is 0 Å². The number of benzene rings is 1. The van der Waals surface area contributed by atoms with Crippen molar-refractivity contribution in [3.05, 3.63) is 29.8 Å². The van der Waals surface area contributed by atoms with Crippen molar-refractivity contribution >= 4 is 12.0 Å². The summed E-state index contributed by atoms with van der Waals surface area (Å²) in [5.41, 5.74) is 1.04. The topological polar surface area (TPSA) is 87.7 Å². The summed E-state index contributed by atoms with van der Waals surface area (Å²) in [7, 11) is 1.60. The fraction of sp³-hybridized carbons (Fsp3) is 0.500. The van der Waals surface area contributed by atoms with Crippen molar-refractivity contribution in [2.75, 3.05) is 13.7 Å². The van der Waals surface area contributed by atoms with Crippen LogP contribution in [-0.2, 0) is 11.2 Å². The van der Waals surface area contributed by atoms with Gasteiger partial charge in [-0.1, -0.05) is 26.0 Å². The van der Waals surface area contributed by atoms with Gasteiger partial charge in [-0.15, -0.1) is 0 Å². The minimum atomic E-state index is -1.02. The Morgan fingerprint density at radius 1 is 1.32 bits per heavy atom. The summed E-state index contributed by atoms with van der Waals surface area (Å²) < 4.78 is 5.13. The standard InChI is InChI=1S/C16H24N2O4/c1-11(2)9-14(15(19)20)18-16(21)17-8-7-12-5-4-6-13(10-12)22-3/h4-6,10-11,14H,7-9H2,1-3H3,(H,19,20)(H2,17,18,21). The summed E-state index contributed by atoms with van der Waals surface area (Å²) in [6.45, 7) is 4.25. The minimum absolute atomic E-state index is 0.193. The van der Waals surface area contributed by atoms with Gasteiger partial charge in [0, 0.05) is 6.54 Å². The molecule has 0 saturated carbocycles. The van der Waals surface area contributed by atoms with Crippen molar-refractivity contribution in [1.29, 1.82) is 0 Å². The summed E-state index contributed by atoms with van der Waals surface area (Å²) >= 11 is 0. The first kappa shape index (κ1) is 17.8. The van der Waals surface area contributed by atoms with E-state index in [2.05, 4.69) is 10.6 Å². The zero-order chi connectivity index (χ0) is 16.5. The molecule has 3 N–H and O–H groups in total. The SMILES string of the molecule is COc1cccc(CCNC(=O)NC(CC(C)C)C(=O)O)c1. The predicted molar refractivity (Wildman–Crippen MR) is 84.1 cm³/mol. The lowest BCUT2D eigenvalue weighted by molar-refractivity contribution is -0.139. The van der Waals surface area contributed by atoms with Gasteiger partial charge in [-0.3, -0.25) is 0 Å². The molecule has 0 spiro atoms. The van der Waals surface area contributed by atoms with E-state index in [9.17, 15) is 9.59 Å². The number of methoxy groups -OCH3 is 1. The number of urea groups is 1. The summed E-state index contributed by atoms with van der Waals surface area (Å²) in [4.78, 5) is 22.8. The first-order valence-electron chi connectivity index (χ1n) is 7.32. The minimum Gasteiger partial charge on any atom is -0.497 e. The molecule has 1 aromatic rings. The second-order valence-electron chi connectivity index (χ2n) is 5.52. The molecule has 0 radical (unpaired) electrons. The zero-order valence-corrected chi connectivity index (χ0v) is 13.3. The molecule has 1 rings (SSSR count). The maximum absolute atomic E-state index is 11.7. The number of amides is 2. The zero-order valence-electron chi connectivity index (χ0n) is 13.3. The highest BCUT2D eigenvalue weighted by molar-refractivity contribution is 5.82. The molecule has 0 saturated heterocycles. The molecule has 22 heavy (non-hydrogen) atoms. The van der Waals surface area contributed by atoms with Crippen LogP contribution < -0.4 is 15.4 Å². The first-order chi connectivity index (χ1) is 10.4. The number of carbonyl (C=O) groups is 2. The van der Waals surface area contributed by atoms with E-state index in [-0.39, 0.29) is 5.92 Å². The van der Waals surface area contributed by atoms with E-state index in [0.717, 1.165) is 11.3 Å². The fourth-order valence-electron chi connectivity index (χ4n) is 2.05. The van der Waals surface area contributed by atoms with E-state index in [1.165, 1.54) is 0 Å². The van der Waals surface area contributed by atoms with Crippen LogP contribution in [0.4, 0.5) is 4.79 Å². The molecule has 122 valence electrons. The van der Waals surface area contributed by atoms with Gasteiger partial charge in [0.05, 0.1) is 7.11 Å². The van der Waals surface area contributed by atoms with Gasteiger partial charge in [0.15, 0.2) is 0 Å². The van der Waals surface area contributed by atoms with Crippen LogP contribution in [0, 0.1) is 5.92 Å². The molecule has 6 nitrogen and oxygen atoms in total. The van der Waals surface area contributed by atoms with Gasteiger partial charge in [0.25, 0.3) is 0 Å². The van der Waals surface area contributed by atoms with Gasteiger partial charge in [-0.05, 0) is 36.5 Å². The highest BCUT2D eigenvalue weighted by atomic mass is 16.5. The predicted octanol–water partition coefficient (Wildman–Crippen LogP) is 2.04. The van der Waals surface area contributed by atoms with E-state index >= 15 is 0 Å². The number of carboxylic acids is 1. The molecule has 2 amide bonds. The quantitative estimate of drug-likeness (QED) is 0.686. The second-order valence-corrected chi connectivity index (χ2v) is 5.52. The average molecular weight is 308 g/mol. The van der Waals surface area contributed by atoms with Crippen LogP contribution in [-0.4, -0.2) is 36.8 Å². The number of rotatable bonds is 8. The van der Waals surface area contributed by atoms with Gasteiger partial charge in [0.1, 0.15) is 11.8 Å². The Labute approximate surface area is 130 Å². The van der Waals surface area contributed by atoms with E-state index in [1.54, 1.807) is 7.11 Å². The van der Waals surface area contributed by atoms with Gasteiger partial charge < -0.3 is 20.5 Å². The maximum atomic E-state index is 11.7. The molecule has 0 aromatic heterocycles. The van der Waals surface area contributed by atoms with Crippen molar-refractivity contribution in [2.45, 2.75) is 32.7 Å². The molecule has 0 aliphatic heterocycles. The molecule has 6 heteroatoms.